The van der Waals surface area contributed by atoms with Gasteiger partial charge in [-0.15, -0.1) is 0 Å². The van der Waals surface area contributed by atoms with E-state index in [0.29, 0.717) is 28.7 Å². The van der Waals surface area contributed by atoms with E-state index in [2.05, 4.69) is 40.7 Å². The van der Waals surface area contributed by atoms with Gasteiger partial charge in [0.15, 0.2) is 23.1 Å². The van der Waals surface area contributed by atoms with Crippen molar-refractivity contribution in [2.24, 2.45) is 5.92 Å². The van der Waals surface area contributed by atoms with Gasteiger partial charge in [-0.2, -0.15) is 9.47 Å². The summed E-state index contributed by atoms with van der Waals surface area (Å²) in [5.41, 5.74) is 4.57. The van der Waals surface area contributed by atoms with E-state index >= 15 is 0 Å². The molecule has 0 unspecified atom stereocenters. The van der Waals surface area contributed by atoms with E-state index in [1.54, 1.807) is 17.1 Å². The molecule has 0 bridgehead atoms. The summed E-state index contributed by atoms with van der Waals surface area (Å²) in [5.74, 6) is -0.180. The molecule has 3 N–H and O–H groups in total. The lowest BCUT2D eigenvalue weighted by molar-refractivity contribution is 0.152. The Balaban J connectivity index is 1.07. The summed E-state index contributed by atoms with van der Waals surface area (Å²) >= 11 is 1.40. The summed E-state index contributed by atoms with van der Waals surface area (Å²) in [5, 5.41) is 18.0. The highest BCUT2D eigenvalue weighted by Crippen LogP contribution is 2.29. The minimum atomic E-state index is -0.968. The maximum atomic E-state index is 14.1. The smallest absolute Gasteiger partial charge is 0.186 e. The van der Waals surface area contributed by atoms with Crippen LogP contribution in [0.2, 0.25) is 0 Å². The van der Waals surface area contributed by atoms with Crippen LogP contribution in [0.25, 0.3) is 27.9 Å². The lowest BCUT2D eigenvalue weighted by Gasteiger charge is -2.31. The molecule has 14 heteroatoms. The number of aromatic amines is 1. The largest absolute Gasteiger partial charge is 0.396 e. The number of aliphatic hydroxyl groups excluding tert-OH is 1. The van der Waals surface area contributed by atoms with Crippen LogP contribution < -0.4 is 5.32 Å². The number of hydrogen-bond donors (Lipinski definition) is 3. The Bertz CT molecular complexity index is 1900. The Morgan fingerprint density at radius 1 is 1.12 bits per heavy atom. The summed E-state index contributed by atoms with van der Waals surface area (Å²) in [6.45, 7) is 5.31. The zero-order valence-electron chi connectivity index (χ0n) is 23.5. The van der Waals surface area contributed by atoms with Crippen molar-refractivity contribution in [2.75, 3.05) is 25.0 Å². The van der Waals surface area contributed by atoms with Gasteiger partial charge in [0.25, 0.3) is 0 Å². The maximum absolute atomic E-state index is 14.1. The molecule has 222 valence electrons. The fourth-order valence-electron chi connectivity index (χ4n) is 5.69. The number of nitrogens with zero attached hydrogens (tertiary/aromatic N) is 8. The molecule has 7 rings (SSSR count). The van der Waals surface area contributed by atoms with Crippen LogP contribution in [0.15, 0.2) is 43.0 Å². The topological polar surface area (TPSA) is 125 Å². The Morgan fingerprint density at radius 3 is 2.81 bits per heavy atom. The van der Waals surface area contributed by atoms with Gasteiger partial charge in [0.1, 0.15) is 16.3 Å². The zero-order chi connectivity index (χ0) is 29.5. The van der Waals surface area contributed by atoms with E-state index in [9.17, 15) is 13.9 Å². The molecule has 6 heterocycles. The van der Waals surface area contributed by atoms with Crippen LogP contribution in [0.1, 0.15) is 36.5 Å². The molecule has 11 nitrogen and oxygen atoms in total. The SMILES string of the molecule is Cc1cn2c(-c3cnn(Cc4nc5c(F)c(F)ccc5[nH]4)c3)cnc2c(Nc2cc(CN3CCC(CCO)CC3)ns2)n1. The molecule has 0 atom stereocenters. The molecular formula is C29H30F2N10OS. The summed E-state index contributed by atoms with van der Waals surface area (Å²) in [7, 11) is 0. The number of imidazole rings is 2. The third-order valence-electron chi connectivity index (χ3n) is 7.88. The monoisotopic (exact) mass is 604 g/mol. The molecule has 43 heavy (non-hydrogen) atoms. The molecule has 1 aliphatic rings. The van der Waals surface area contributed by atoms with E-state index in [1.807, 2.05) is 23.7 Å². The minimum Gasteiger partial charge on any atom is -0.396 e. The number of aryl methyl sites for hydroxylation is 1. The van der Waals surface area contributed by atoms with E-state index < -0.39 is 11.6 Å². The van der Waals surface area contributed by atoms with E-state index in [4.69, 9.17) is 4.98 Å². The van der Waals surface area contributed by atoms with Crippen LogP contribution >= 0.6 is 11.5 Å². The van der Waals surface area contributed by atoms with Crippen LogP contribution in [0.3, 0.4) is 0 Å². The second-order valence-electron chi connectivity index (χ2n) is 11.0. The molecule has 6 aromatic rings. The molecule has 5 aromatic heterocycles. The van der Waals surface area contributed by atoms with Crippen LogP contribution in [-0.4, -0.2) is 68.2 Å². The first kappa shape index (κ1) is 27.6. The van der Waals surface area contributed by atoms with Crippen molar-refractivity contribution in [1.29, 1.82) is 0 Å². The lowest BCUT2D eigenvalue weighted by atomic mass is 9.94. The number of benzene rings is 1. The van der Waals surface area contributed by atoms with Gasteiger partial charge in [0.05, 0.1) is 41.5 Å². The molecule has 0 saturated carbocycles. The normalized spacial score (nSPS) is 14.8. The van der Waals surface area contributed by atoms with Gasteiger partial charge in [-0.3, -0.25) is 14.0 Å². The van der Waals surface area contributed by atoms with Crippen LogP contribution in [0, 0.1) is 24.5 Å². The number of aromatic nitrogens is 8. The Morgan fingerprint density at radius 2 is 1.98 bits per heavy atom. The number of nitrogens with one attached hydrogen (secondary N) is 2. The molecule has 1 aliphatic heterocycles. The first-order chi connectivity index (χ1) is 20.9. The van der Waals surface area contributed by atoms with Crippen molar-refractivity contribution in [3.63, 3.8) is 0 Å². The lowest BCUT2D eigenvalue weighted by Crippen LogP contribution is -2.33. The van der Waals surface area contributed by atoms with Crippen molar-refractivity contribution in [3.8, 4) is 11.3 Å². The highest BCUT2D eigenvalue weighted by Gasteiger charge is 2.20. The summed E-state index contributed by atoms with van der Waals surface area (Å²) in [6, 6.07) is 4.61. The second-order valence-corrected chi connectivity index (χ2v) is 11.8. The number of hydrogen-bond acceptors (Lipinski definition) is 9. The minimum absolute atomic E-state index is 0.0286. The number of H-pyrrole nitrogens is 1. The third-order valence-corrected chi connectivity index (χ3v) is 8.62. The predicted octanol–water partition coefficient (Wildman–Crippen LogP) is 4.90. The molecule has 0 radical (unpaired) electrons. The number of fused-ring (bicyclic) bond motifs is 2. The van der Waals surface area contributed by atoms with E-state index in [1.165, 1.54) is 17.6 Å². The number of anilines is 2. The molecule has 0 aliphatic carbocycles. The van der Waals surface area contributed by atoms with Crippen molar-refractivity contribution < 1.29 is 13.9 Å². The summed E-state index contributed by atoms with van der Waals surface area (Å²) in [4.78, 5) is 19.0. The van der Waals surface area contributed by atoms with Gasteiger partial charge in [0.2, 0.25) is 0 Å². The van der Waals surface area contributed by atoms with Crippen molar-refractivity contribution in [2.45, 2.75) is 39.3 Å². The zero-order valence-corrected chi connectivity index (χ0v) is 24.3. The maximum Gasteiger partial charge on any atom is 0.186 e. The predicted molar refractivity (Wildman–Crippen MR) is 159 cm³/mol. The quantitative estimate of drug-likeness (QED) is 0.213. The first-order valence-corrected chi connectivity index (χ1v) is 15.0. The summed E-state index contributed by atoms with van der Waals surface area (Å²) in [6.07, 6.45) is 10.4. The van der Waals surface area contributed by atoms with Crippen molar-refractivity contribution in [1.82, 2.24) is 43.4 Å². The van der Waals surface area contributed by atoms with Crippen molar-refractivity contribution >= 4 is 39.0 Å². The molecule has 1 saturated heterocycles. The van der Waals surface area contributed by atoms with E-state index in [0.717, 1.165) is 72.6 Å². The average Bonchev–Trinajstić information content (AvgIpc) is 3.79. The third kappa shape index (κ3) is 5.60. The van der Waals surface area contributed by atoms with Gasteiger partial charge in [-0.25, -0.2) is 23.7 Å². The number of piperidine rings is 1. The summed E-state index contributed by atoms with van der Waals surface area (Å²) < 4.78 is 36.0. The van der Waals surface area contributed by atoms with Crippen LogP contribution in [0.4, 0.5) is 19.6 Å². The number of aliphatic hydroxyl groups is 1. The highest BCUT2D eigenvalue weighted by molar-refractivity contribution is 7.10. The molecule has 0 spiro atoms. The molecule has 0 amide bonds. The van der Waals surface area contributed by atoms with Crippen LogP contribution in [-0.2, 0) is 13.1 Å². The molecule has 1 fully saturated rings. The Kier molecular flexibility index (Phi) is 7.33. The number of likely N-dealkylation sites (tertiary alicyclic amines) is 1. The number of halogens is 2. The molecular weight excluding hydrogens is 574 g/mol. The Hall–Kier alpha value is -4.27. The fraction of sp³-hybridized carbons (Fsp3) is 0.345. The second kappa shape index (κ2) is 11.4. The average molecular weight is 605 g/mol. The van der Waals surface area contributed by atoms with E-state index in [-0.39, 0.29) is 18.7 Å². The van der Waals surface area contributed by atoms with Gasteiger partial charge in [-0.05, 0) is 74.9 Å². The van der Waals surface area contributed by atoms with Crippen LogP contribution in [0.5, 0.6) is 0 Å². The van der Waals surface area contributed by atoms with Crippen molar-refractivity contribution in [3.05, 3.63) is 71.8 Å². The van der Waals surface area contributed by atoms with Gasteiger partial charge in [0, 0.05) is 31.1 Å². The molecule has 1 aromatic carbocycles. The van der Waals surface area contributed by atoms with Gasteiger partial charge >= 0.3 is 0 Å². The van der Waals surface area contributed by atoms with Gasteiger partial charge < -0.3 is 15.4 Å². The standard InChI is InChI=1S/C29H30F2N10OS/c1-17-13-41-23(19-11-33-40(14-19)16-24-35-22-3-2-21(30)26(31)27(22)36-24)12-32-29(41)28(34-17)37-25-10-20(38-43-25)15-39-7-4-18(5-8-39)6-9-42/h2-3,10-14,18,42H,4-9,15-16H2,1H3,(H,34,37)(H,35,36). The fourth-order valence-corrected chi connectivity index (χ4v) is 6.35. The first-order valence-electron chi connectivity index (χ1n) is 14.2. The highest BCUT2D eigenvalue weighted by atomic mass is 32.1. The Labute approximate surface area is 249 Å². The number of rotatable bonds is 9. The van der Waals surface area contributed by atoms with Gasteiger partial charge in [-0.1, -0.05) is 0 Å².